The van der Waals surface area contributed by atoms with E-state index in [4.69, 9.17) is 19.9 Å². The molecule has 0 aliphatic carbocycles. The van der Waals surface area contributed by atoms with Crippen LogP contribution in [-0.2, 0) is 17.9 Å². The van der Waals surface area contributed by atoms with E-state index in [0.717, 1.165) is 23.2 Å². The quantitative estimate of drug-likeness (QED) is 0.364. The lowest BCUT2D eigenvalue weighted by molar-refractivity contribution is 0.185. The smallest absolute Gasteiger partial charge is 0.224 e. The molecular formula is C24H28N4O3. The van der Waals surface area contributed by atoms with Crippen LogP contribution in [0.2, 0.25) is 0 Å². The number of pyridine rings is 1. The molecule has 0 spiro atoms. The largest absolute Gasteiger partial charge is 0.490 e. The van der Waals surface area contributed by atoms with Crippen LogP contribution in [0.5, 0.6) is 17.4 Å². The lowest BCUT2D eigenvalue weighted by atomic mass is 10.2. The highest BCUT2D eigenvalue weighted by Gasteiger charge is 2.10. The Bertz CT molecular complexity index is 1010. The van der Waals surface area contributed by atoms with Crippen molar-refractivity contribution in [3.63, 3.8) is 0 Å². The van der Waals surface area contributed by atoms with E-state index in [9.17, 15) is 0 Å². The Hall–Kier alpha value is -3.58. The summed E-state index contributed by atoms with van der Waals surface area (Å²) < 4.78 is 17.1. The van der Waals surface area contributed by atoms with E-state index in [2.05, 4.69) is 22.2 Å². The minimum atomic E-state index is 0.296. The first-order valence-electron chi connectivity index (χ1n) is 10.2. The molecule has 0 fully saturated rings. The molecule has 0 bridgehead atoms. The van der Waals surface area contributed by atoms with Gasteiger partial charge in [0.25, 0.3) is 0 Å². The van der Waals surface area contributed by atoms with Crippen molar-refractivity contribution in [1.29, 1.82) is 0 Å². The average molecular weight is 421 g/mol. The number of rotatable bonds is 10. The van der Waals surface area contributed by atoms with E-state index < -0.39 is 0 Å². The fourth-order valence-corrected chi connectivity index (χ4v) is 2.88. The Balaban J connectivity index is 1.73. The monoisotopic (exact) mass is 420 g/mol. The van der Waals surface area contributed by atoms with E-state index >= 15 is 0 Å². The first-order valence-corrected chi connectivity index (χ1v) is 10.2. The van der Waals surface area contributed by atoms with Crippen molar-refractivity contribution in [1.82, 2.24) is 4.98 Å². The zero-order valence-electron chi connectivity index (χ0n) is 17.9. The number of nitrogens with two attached hydrogens (primary N) is 1. The molecule has 31 heavy (non-hydrogen) atoms. The van der Waals surface area contributed by atoms with Crippen molar-refractivity contribution < 1.29 is 14.2 Å². The number of methoxy groups -OCH3 is 1. The maximum Gasteiger partial charge on any atom is 0.224 e. The van der Waals surface area contributed by atoms with E-state index in [1.54, 1.807) is 13.3 Å². The predicted molar refractivity (Wildman–Crippen MR) is 123 cm³/mol. The molecule has 162 valence electrons. The number of nitrogens with one attached hydrogen (secondary N) is 1. The van der Waals surface area contributed by atoms with Crippen LogP contribution in [0, 0.1) is 0 Å². The van der Waals surface area contributed by atoms with E-state index in [-0.39, 0.29) is 0 Å². The maximum atomic E-state index is 6.12. The van der Waals surface area contributed by atoms with Crippen LogP contribution in [0.3, 0.4) is 0 Å². The molecule has 1 aromatic heterocycles. The van der Waals surface area contributed by atoms with Gasteiger partial charge in [0.05, 0.1) is 19.8 Å². The standard InChI is InChI=1S/C24H28N4O3/c1-3-15-30-21-12-6-7-13-22(21)31-23-18(10-8-14-26-23)16-27-24(25)28-20-11-5-4-9-19(20)17-29-2/h4-14H,3,15-17H2,1-2H3,(H3,25,27,28). The van der Waals surface area contributed by atoms with E-state index in [1.807, 2.05) is 60.7 Å². The number of anilines is 1. The second kappa shape index (κ2) is 11.6. The van der Waals surface area contributed by atoms with E-state index in [1.165, 1.54) is 0 Å². The third kappa shape index (κ3) is 6.45. The molecule has 3 rings (SSSR count). The van der Waals surface area contributed by atoms with Gasteiger partial charge in [-0.1, -0.05) is 43.3 Å². The van der Waals surface area contributed by atoms with Crippen molar-refractivity contribution in [2.45, 2.75) is 26.5 Å². The van der Waals surface area contributed by atoms with Gasteiger partial charge < -0.3 is 25.3 Å². The number of aliphatic imine (C=N–C) groups is 1. The van der Waals surface area contributed by atoms with Crippen molar-refractivity contribution in [3.05, 3.63) is 78.0 Å². The van der Waals surface area contributed by atoms with Crippen LogP contribution >= 0.6 is 0 Å². The van der Waals surface area contributed by atoms with E-state index in [0.29, 0.717) is 43.1 Å². The molecule has 0 aliphatic heterocycles. The molecule has 0 saturated carbocycles. The van der Waals surface area contributed by atoms with Crippen molar-refractivity contribution >= 4 is 11.6 Å². The number of hydrogen-bond donors (Lipinski definition) is 2. The minimum Gasteiger partial charge on any atom is -0.490 e. The van der Waals surface area contributed by atoms with Gasteiger partial charge in [-0.15, -0.1) is 0 Å². The molecule has 0 atom stereocenters. The Morgan fingerprint density at radius 1 is 1.00 bits per heavy atom. The number of guanidine groups is 1. The summed E-state index contributed by atoms with van der Waals surface area (Å²) in [4.78, 5) is 8.83. The average Bonchev–Trinajstić information content (AvgIpc) is 2.79. The number of benzene rings is 2. The van der Waals surface area contributed by atoms with Gasteiger partial charge in [-0.2, -0.15) is 0 Å². The summed E-state index contributed by atoms with van der Waals surface area (Å²) in [6.45, 7) is 3.47. The SMILES string of the molecule is CCCOc1ccccc1Oc1ncccc1CN=C(N)Nc1ccccc1COC. The Labute approximate surface area is 182 Å². The van der Waals surface area contributed by atoms with Crippen LogP contribution in [0.25, 0.3) is 0 Å². The van der Waals surface area contributed by atoms with Crippen LogP contribution in [0.15, 0.2) is 71.9 Å². The molecule has 1 heterocycles. The molecule has 2 aromatic carbocycles. The number of para-hydroxylation sites is 3. The van der Waals surface area contributed by atoms with Gasteiger partial charge in [0.15, 0.2) is 17.5 Å². The zero-order chi connectivity index (χ0) is 21.9. The fraction of sp³-hybridized carbons (Fsp3) is 0.250. The first kappa shape index (κ1) is 22.1. The molecular weight excluding hydrogens is 392 g/mol. The van der Waals surface area contributed by atoms with Gasteiger partial charge in [0, 0.05) is 30.1 Å². The van der Waals surface area contributed by atoms with Gasteiger partial charge in [-0.25, -0.2) is 9.98 Å². The second-order valence-electron chi connectivity index (χ2n) is 6.78. The summed E-state index contributed by atoms with van der Waals surface area (Å²) in [5, 5.41) is 3.13. The first-order chi connectivity index (χ1) is 15.2. The van der Waals surface area contributed by atoms with Crippen LogP contribution in [0.1, 0.15) is 24.5 Å². The Morgan fingerprint density at radius 3 is 2.55 bits per heavy atom. The van der Waals surface area contributed by atoms with Gasteiger partial charge in [-0.3, -0.25) is 0 Å². The Morgan fingerprint density at radius 2 is 1.74 bits per heavy atom. The maximum absolute atomic E-state index is 6.12. The molecule has 0 saturated heterocycles. The molecule has 7 nitrogen and oxygen atoms in total. The summed E-state index contributed by atoms with van der Waals surface area (Å²) >= 11 is 0. The highest BCUT2D eigenvalue weighted by atomic mass is 16.5. The predicted octanol–water partition coefficient (Wildman–Crippen LogP) is 4.74. The zero-order valence-corrected chi connectivity index (χ0v) is 17.9. The molecule has 7 heteroatoms. The molecule has 0 unspecified atom stereocenters. The second-order valence-corrected chi connectivity index (χ2v) is 6.78. The van der Waals surface area contributed by atoms with Gasteiger partial charge in [-0.05, 0) is 30.7 Å². The third-order valence-electron chi connectivity index (χ3n) is 4.37. The lowest BCUT2D eigenvalue weighted by Gasteiger charge is -2.13. The summed E-state index contributed by atoms with van der Waals surface area (Å²) in [7, 11) is 1.66. The molecule has 0 aliphatic rings. The lowest BCUT2D eigenvalue weighted by Crippen LogP contribution is -2.23. The van der Waals surface area contributed by atoms with Crippen molar-refractivity contribution in [2.24, 2.45) is 10.7 Å². The number of aromatic nitrogens is 1. The number of ether oxygens (including phenoxy) is 3. The van der Waals surface area contributed by atoms with Crippen LogP contribution in [-0.4, -0.2) is 24.7 Å². The molecule has 3 N–H and O–H groups in total. The number of nitrogens with zero attached hydrogens (tertiary/aromatic N) is 2. The van der Waals surface area contributed by atoms with Crippen LogP contribution < -0.4 is 20.5 Å². The Kier molecular flexibility index (Phi) is 8.25. The normalized spacial score (nSPS) is 11.2. The third-order valence-corrected chi connectivity index (χ3v) is 4.37. The molecule has 0 amide bonds. The summed E-state index contributed by atoms with van der Waals surface area (Å²) in [5.41, 5.74) is 8.78. The number of hydrogen-bond acceptors (Lipinski definition) is 5. The van der Waals surface area contributed by atoms with Crippen LogP contribution in [0.4, 0.5) is 5.69 Å². The minimum absolute atomic E-state index is 0.296. The van der Waals surface area contributed by atoms with Gasteiger partial charge in [0.1, 0.15) is 0 Å². The summed E-state index contributed by atoms with van der Waals surface area (Å²) in [6.07, 6.45) is 2.60. The summed E-state index contributed by atoms with van der Waals surface area (Å²) in [6, 6.07) is 19.1. The highest BCUT2D eigenvalue weighted by Crippen LogP contribution is 2.32. The van der Waals surface area contributed by atoms with Crippen molar-refractivity contribution in [2.75, 3.05) is 19.0 Å². The topological polar surface area (TPSA) is 91.0 Å². The van der Waals surface area contributed by atoms with Crippen molar-refractivity contribution in [3.8, 4) is 17.4 Å². The highest BCUT2D eigenvalue weighted by molar-refractivity contribution is 5.92. The van der Waals surface area contributed by atoms with Gasteiger partial charge in [0.2, 0.25) is 5.88 Å². The molecule has 0 radical (unpaired) electrons. The fourth-order valence-electron chi connectivity index (χ4n) is 2.88. The molecule has 3 aromatic rings. The van der Waals surface area contributed by atoms with Gasteiger partial charge >= 0.3 is 0 Å². The summed E-state index contributed by atoms with van der Waals surface area (Å²) in [5.74, 6) is 2.05.